The molecule has 3 fully saturated rings. The van der Waals surface area contributed by atoms with Crippen LogP contribution in [0.25, 0.3) is 11.3 Å². The Bertz CT molecular complexity index is 1270. The minimum absolute atomic E-state index is 0.250. The monoisotopic (exact) mass is 563 g/mol. The molecule has 2 aliphatic heterocycles. The molecule has 0 amide bonds. The molecule has 8 heteroatoms. The van der Waals surface area contributed by atoms with Crippen LogP contribution >= 0.6 is 11.3 Å². The van der Waals surface area contributed by atoms with Crippen LogP contribution in [0.4, 0.5) is 5.13 Å². The fourth-order valence-electron chi connectivity index (χ4n) is 6.35. The Hall–Kier alpha value is -2.94. The molecule has 3 heterocycles. The molecule has 2 bridgehead atoms. The molecule has 1 N–H and O–H groups in total. The lowest BCUT2D eigenvalue weighted by Gasteiger charge is -2.36. The third-order valence-corrected chi connectivity index (χ3v) is 9.68. The van der Waals surface area contributed by atoms with Gasteiger partial charge in [-0.2, -0.15) is 0 Å². The maximum atomic E-state index is 8.36. The number of ether oxygens (including phenoxy) is 2. The fourth-order valence-corrected chi connectivity index (χ4v) is 7.19. The van der Waals surface area contributed by atoms with E-state index < -0.39 is 0 Å². The van der Waals surface area contributed by atoms with Crippen LogP contribution in [0.3, 0.4) is 0 Å². The Morgan fingerprint density at radius 1 is 1.10 bits per heavy atom. The standard InChI is InChI=1S/C31H39N3O2S.CH2O2/c1-21-4-9-30(36-19-27-6-5-24(15-22(27)2)16-33-10-12-35-13-11-33)28(14-21)29-20-37-31(32-29)34-17-25-7-8-26(18-34)23(25)3;2-1-3/h4-6,9,14-15,20,23,25-26H,7-8,10-13,16-19H2,1-3H3;1H,(H,2,3). The minimum Gasteiger partial charge on any atom is -0.488 e. The van der Waals surface area contributed by atoms with Crippen LogP contribution in [0.2, 0.25) is 0 Å². The summed E-state index contributed by atoms with van der Waals surface area (Å²) in [5.74, 6) is 3.43. The lowest BCUT2D eigenvalue weighted by atomic mass is 9.87. The van der Waals surface area contributed by atoms with Crippen molar-refractivity contribution < 1.29 is 19.4 Å². The highest BCUT2D eigenvalue weighted by Gasteiger charge is 2.39. The van der Waals surface area contributed by atoms with Crippen molar-refractivity contribution >= 4 is 22.9 Å². The highest BCUT2D eigenvalue weighted by atomic mass is 32.1. The Morgan fingerprint density at radius 2 is 1.82 bits per heavy atom. The molecule has 2 aromatic carbocycles. The van der Waals surface area contributed by atoms with Crippen molar-refractivity contribution in [2.24, 2.45) is 17.8 Å². The van der Waals surface area contributed by atoms with Gasteiger partial charge in [-0.3, -0.25) is 9.69 Å². The van der Waals surface area contributed by atoms with E-state index in [9.17, 15) is 0 Å². The van der Waals surface area contributed by atoms with Gasteiger partial charge in [-0.15, -0.1) is 11.3 Å². The summed E-state index contributed by atoms with van der Waals surface area (Å²) in [7, 11) is 0. The molecule has 214 valence electrons. The number of hydrogen-bond donors (Lipinski definition) is 1. The highest BCUT2D eigenvalue weighted by molar-refractivity contribution is 7.14. The molecule has 6 rings (SSSR count). The zero-order valence-electron chi connectivity index (χ0n) is 23.8. The smallest absolute Gasteiger partial charge is 0.290 e. The van der Waals surface area contributed by atoms with E-state index in [0.29, 0.717) is 6.61 Å². The number of hydrogen-bond acceptors (Lipinski definition) is 7. The van der Waals surface area contributed by atoms with Crippen molar-refractivity contribution in [2.75, 3.05) is 44.3 Å². The molecule has 40 heavy (non-hydrogen) atoms. The second kappa shape index (κ2) is 13.1. The summed E-state index contributed by atoms with van der Waals surface area (Å²) in [5.41, 5.74) is 7.22. The number of aryl methyl sites for hydroxylation is 2. The number of anilines is 1. The summed E-state index contributed by atoms with van der Waals surface area (Å²) < 4.78 is 11.9. The number of benzene rings is 2. The maximum absolute atomic E-state index is 8.36. The topological polar surface area (TPSA) is 75.1 Å². The molecular formula is C32H41N3O4S. The minimum atomic E-state index is -0.250. The average Bonchev–Trinajstić information content (AvgIpc) is 3.50. The first-order valence-electron chi connectivity index (χ1n) is 14.4. The van der Waals surface area contributed by atoms with Gasteiger partial charge >= 0.3 is 0 Å². The van der Waals surface area contributed by atoms with Crippen molar-refractivity contribution in [1.29, 1.82) is 0 Å². The predicted molar refractivity (Wildman–Crippen MR) is 160 cm³/mol. The quantitative estimate of drug-likeness (QED) is 0.352. The Morgan fingerprint density at radius 3 is 2.52 bits per heavy atom. The van der Waals surface area contributed by atoms with Crippen molar-refractivity contribution in [1.82, 2.24) is 9.88 Å². The van der Waals surface area contributed by atoms with Gasteiger partial charge in [-0.1, -0.05) is 36.8 Å². The number of nitrogens with zero attached hydrogens (tertiary/aromatic N) is 3. The molecular weight excluding hydrogens is 522 g/mol. The molecule has 2 unspecified atom stereocenters. The lowest BCUT2D eigenvalue weighted by Crippen LogP contribution is -2.40. The van der Waals surface area contributed by atoms with Crippen LogP contribution in [-0.4, -0.2) is 60.9 Å². The second-order valence-corrected chi connectivity index (χ2v) is 12.3. The van der Waals surface area contributed by atoms with Gasteiger partial charge in [0.1, 0.15) is 12.4 Å². The van der Waals surface area contributed by atoms with Gasteiger partial charge in [0.2, 0.25) is 0 Å². The molecule has 1 saturated carbocycles. The number of morpholine rings is 1. The highest BCUT2D eigenvalue weighted by Crippen LogP contribution is 2.44. The molecule has 3 aliphatic rings. The van der Waals surface area contributed by atoms with Crippen molar-refractivity contribution in [3.63, 3.8) is 0 Å². The van der Waals surface area contributed by atoms with Gasteiger partial charge in [-0.05, 0) is 73.3 Å². The van der Waals surface area contributed by atoms with Crippen LogP contribution in [0, 0.1) is 31.6 Å². The summed E-state index contributed by atoms with van der Waals surface area (Å²) in [6, 6.07) is 13.2. The number of carbonyl (C=O) groups is 1. The average molecular weight is 564 g/mol. The number of carboxylic acid groups (broad SMARTS) is 1. The largest absolute Gasteiger partial charge is 0.488 e. The first-order valence-corrected chi connectivity index (χ1v) is 15.2. The van der Waals surface area contributed by atoms with Crippen LogP contribution < -0.4 is 9.64 Å². The van der Waals surface area contributed by atoms with Gasteiger partial charge in [0.25, 0.3) is 6.47 Å². The third kappa shape index (κ3) is 6.67. The predicted octanol–water partition coefficient (Wildman–Crippen LogP) is 6.02. The van der Waals surface area contributed by atoms with E-state index in [-0.39, 0.29) is 6.47 Å². The van der Waals surface area contributed by atoms with Gasteiger partial charge in [0.15, 0.2) is 5.13 Å². The molecule has 1 aromatic heterocycles. The van der Waals surface area contributed by atoms with E-state index in [1.54, 1.807) is 11.3 Å². The normalized spacial score (nSPS) is 22.5. The van der Waals surface area contributed by atoms with Crippen LogP contribution in [0.5, 0.6) is 5.75 Å². The van der Waals surface area contributed by atoms with Crippen molar-refractivity contribution in [3.05, 3.63) is 64.0 Å². The van der Waals surface area contributed by atoms with Crippen LogP contribution in [-0.2, 0) is 22.7 Å². The van der Waals surface area contributed by atoms with Gasteiger partial charge in [-0.25, -0.2) is 4.98 Å². The number of fused-ring (bicyclic) bond motifs is 2. The fraction of sp³-hybridized carbons (Fsp3) is 0.500. The first kappa shape index (κ1) is 28.6. The molecule has 0 spiro atoms. The van der Waals surface area contributed by atoms with E-state index in [1.165, 1.54) is 35.1 Å². The third-order valence-electron chi connectivity index (χ3n) is 8.78. The van der Waals surface area contributed by atoms with E-state index >= 15 is 0 Å². The number of rotatable bonds is 7. The molecule has 7 nitrogen and oxygen atoms in total. The van der Waals surface area contributed by atoms with Gasteiger partial charge < -0.3 is 19.5 Å². The van der Waals surface area contributed by atoms with E-state index in [4.69, 9.17) is 24.4 Å². The summed E-state index contributed by atoms with van der Waals surface area (Å²) in [6.45, 7) is 14.1. The second-order valence-electron chi connectivity index (χ2n) is 11.4. The van der Waals surface area contributed by atoms with E-state index in [1.807, 2.05) is 0 Å². The summed E-state index contributed by atoms with van der Waals surface area (Å²) >= 11 is 1.78. The van der Waals surface area contributed by atoms with Crippen molar-refractivity contribution in [3.8, 4) is 17.0 Å². The molecule has 3 aromatic rings. The van der Waals surface area contributed by atoms with Gasteiger partial charge in [0, 0.05) is 43.7 Å². The lowest BCUT2D eigenvalue weighted by molar-refractivity contribution is -0.122. The molecule has 1 aliphatic carbocycles. The number of thiazole rings is 1. The Labute approximate surface area is 241 Å². The van der Waals surface area contributed by atoms with E-state index in [2.05, 4.69) is 72.3 Å². The molecule has 0 radical (unpaired) electrons. The zero-order chi connectivity index (χ0) is 28.1. The number of aromatic nitrogens is 1. The summed E-state index contributed by atoms with van der Waals surface area (Å²) in [6.07, 6.45) is 2.76. The Balaban J connectivity index is 0.00000103. The van der Waals surface area contributed by atoms with Crippen molar-refractivity contribution in [2.45, 2.75) is 46.8 Å². The first-order chi connectivity index (χ1) is 19.4. The Kier molecular flexibility index (Phi) is 9.40. The molecule has 2 saturated heterocycles. The van der Waals surface area contributed by atoms with Crippen LogP contribution in [0.1, 0.15) is 42.0 Å². The van der Waals surface area contributed by atoms with Gasteiger partial charge in [0.05, 0.1) is 18.9 Å². The maximum Gasteiger partial charge on any atom is 0.290 e. The van der Waals surface area contributed by atoms with E-state index in [0.717, 1.165) is 85.8 Å². The number of piperidine rings is 1. The molecule has 2 atom stereocenters. The summed E-state index contributed by atoms with van der Waals surface area (Å²) in [4.78, 5) is 18.5. The zero-order valence-corrected chi connectivity index (χ0v) is 24.7. The van der Waals surface area contributed by atoms with Crippen LogP contribution in [0.15, 0.2) is 41.8 Å². The SMILES string of the molecule is Cc1ccc(OCc2ccc(CN3CCOCC3)cc2C)c(-c2csc(N3CC4CCC(C3)C4C)n2)c1.O=CO. The summed E-state index contributed by atoms with van der Waals surface area (Å²) in [5, 5.41) is 10.3.